The molecule has 1 heterocycles. The predicted octanol–water partition coefficient (Wildman–Crippen LogP) is 2.35. The van der Waals surface area contributed by atoms with Gasteiger partial charge in [-0.25, -0.2) is 0 Å². The van der Waals surface area contributed by atoms with Gasteiger partial charge in [0, 0.05) is 18.2 Å². The lowest BCUT2D eigenvalue weighted by Crippen LogP contribution is -2.29. The fraction of sp³-hybridized carbons (Fsp3) is 0.364. The van der Waals surface area contributed by atoms with Crippen molar-refractivity contribution in [3.05, 3.63) is 18.2 Å². The molecule has 0 aromatic heterocycles. The molecule has 4 nitrogen and oxygen atoms in total. The Morgan fingerprint density at radius 1 is 1.17 bits per heavy atom. The molecule has 1 N–H and O–H groups in total. The van der Waals surface area contributed by atoms with Gasteiger partial charge in [-0.1, -0.05) is 0 Å². The van der Waals surface area contributed by atoms with Gasteiger partial charge < -0.3 is 14.8 Å². The smallest absolute Gasteiger partial charge is 0.471 e. The van der Waals surface area contributed by atoms with Gasteiger partial charge in [-0.15, -0.1) is 0 Å². The first-order valence-corrected chi connectivity index (χ1v) is 5.24. The molecule has 1 aromatic rings. The zero-order valence-electron chi connectivity index (χ0n) is 9.21. The highest BCUT2D eigenvalue weighted by Crippen LogP contribution is 2.32. The summed E-state index contributed by atoms with van der Waals surface area (Å²) >= 11 is 0. The second-order valence-electron chi connectivity index (χ2n) is 3.66. The third kappa shape index (κ3) is 2.85. The molecule has 0 aliphatic carbocycles. The average molecular weight is 261 g/mol. The van der Waals surface area contributed by atoms with Crippen molar-refractivity contribution in [2.75, 3.05) is 18.5 Å². The number of carbonyl (C=O) groups excluding carboxylic acids is 1. The molecule has 1 amide bonds. The molecule has 1 aromatic carbocycles. The maximum Gasteiger partial charge on any atom is 0.471 e. The Labute approximate surface area is 101 Å². The summed E-state index contributed by atoms with van der Waals surface area (Å²) in [5, 5.41) is 1.75. The number of benzene rings is 1. The fourth-order valence-electron chi connectivity index (χ4n) is 1.44. The minimum absolute atomic E-state index is 0.0153. The number of rotatable bonds is 1. The summed E-state index contributed by atoms with van der Waals surface area (Å²) < 4.78 is 46.8. The maximum atomic E-state index is 12.1. The second kappa shape index (κ2) is 4.75. The minimum Gasteiger partial charge on any atom is -0.490 e. The lowest BCUT2D eigenvalue weighted by molar-refractivity contribution is -0.167. The van der Waals surface area contributed by atoms with Gasteiger partial charge in [-0.2, -0.15) is 13.2 Å². The van der Waals surface area contributed by atoms with Crippen molar-refractivity contribution in [3.8, 4) is 11.5 Å². The Balaban J connectivity index is 2.16. The van der Waals surface area contributed by atoms with Gasteiger partial charge in [0.2, 0.25) is 0 Å². The molecule has 0 atom stereocenters. The zero-order valence-corrected chi connectivity index (χ0v) is 9.21. The number of hydrogen-bond acceptors (Lipinski definition) is 3. The number of halogens is 3. The van der Waals surface area contributed by atoms with E-state index in [2.05, 4.69) is 0 Å². The molecule has 1 aliphatic rings. The number of amides is 1. The van der Waals surface area contributed by atoms with Gasteiger partial charge in [0.25, 0.3) is 0 Å². The van der Waals surface area contributed by atoms with Gasteiger partial charge in [0.1, 0.15) is 0 Å². The molecule has 0 radical (unpaired) electrons. The maximum absolute atomic E-state index is 12.1. The summed E-state index contributed by atoms with van der Waals surface area (Å²) in [6.45, 7) is 0.908. The zero-order chi connectivity index (χ0) is 13.2. The third-order valence-corrected chi connectivity index (χ3v) is 2.26. The molecule has 0 unspecified atom stereocenters. The molecular formula is C11H10F3NO3. The van der Waals surface area contributed by atoms with Crippen molar-refractivity contribution in [1.29, 1.82) is 0 Å². The van der Waals surface area contributed by atoms with E-state index < -0.39 is 12.1 Å². The molecule has 2 rings (SSSR count). The first kappa shape index (κ1) is 12.5. The molecule has 0 saturated carbocycles. The van der Waals surface area contributed by atoms with Crippen LogP contribution in [0.3, 0.4) is 0 Å². The van der Waals surface area contributed by atoms with Crippen molar-refractivity contribution in [1.82, 2.24) is 0 Å². The standard InChI is InChI=1S/C11H10F3NO3/c12-11(13,14)10(16)15-7-2-3-8-9(6-7)18-5-1-4-17-8/h2-3,6H,1,4-5H2,(H,15,16). The van der Waals surface area contributed by atoms with E-state index in [-0.39, 0.29) is 5.69 Å². The molecule has 98 valence electrons. The topological polar surface area (TPSA) is 47.6 Å². The van der Waals surface area contributed by atoms with Crippen molar-refractivity contribution < 1.29 is 27.4 Å². The van der Waals surface area contributed by atoms with E-state index >= 15 is 0 Å². The largest absolute Gasteiger partial charge is 0.490 e. The van der Waals surface area contributed by atoms with Gasteiger partial charge >= 0.3 is 12.1 Å². The number of carbonyl (C=O) groups is 1. The second-order valence-corrected chi connectivity index (χ2v) is 3.66. The van der Waals surface area contributed by atoms with Crippen molar-refractivity contribution >= 4 is 11.6 Å². The molecule has 7 heteroatoms. The SMILES string of the molecule is O=C(Nc1ccc2c(c1)OCCCO2)C(F)(F)F. The molecule has 0 saturated heterocycles. The minimum atomic E-state index is -4.91. The van der Waals surface area contributed by atoms with E-state index in [1.807, 2.05) is 0 Å². The highest BCUT2D eigenvalue weighted by atomic mass is 19.4. The first-order chi connectivity index (χ1) is 8.47. The molecule has 18 heavy (non-hydrogen) atoms. The van der Waals surface area contributed by atoms with Gasteiger partial charge in [0.05, 0.1) is 13.2 Å². The van der Waals surface area contributed by atoms with Crippen LogP contribution in [0, 0.1) is 0 Å². The van der Waals surface area contributed by atoms with Gasteiger partial charge in [-0.05, 0) is 12.1 Å². The predicted molar refractivity (Wildman–Crippen MR) is 56.7 cm³/mol. The normalized spacial score (nSPS) is 14.8. The molecule has 0 spiro atoms. The molecular weight excluding hydrogens is 251 g/mol. The van der Waals surface area contributed by atoms with E-state index in [0.29, 0.717) is 31.1 Å². The van der Waals surface area contributed by atoms with Crippen LogP contribution in [0.2, 0.25) is 0 Å². The van der Waals surface area contributed by atoms with Crippen LogP contribution < -0.4 is 14.8 Å². The highest BCUT2D eigenvalue weighted by Gasteiger charge is 2.38. The van der Waals surface area contributed by atoms with Crippen LogP contribution >= 0.6 is 0 Å². The Morgan fingerprint density at radius 2 is 1.83 bits per heavy atom. The Bertz CT molecular complexity index is 459. The first-order valence-electron chi connectivity index (χ1n) is 5.24. The van der Waals surface area contributed by atoms with Crippen molar-refractivity contribution in [2.24, 2.45) is 0 Å². The van der Waals surface area contributed by atoms with Crippen molar-refractivity contribution in [2.45, 2.75) is 12.6 Å². The number of anilines is 1. The number of fused-ring (bicyclic) bond motifs is 1. The summed E-state index contributed by atoms with van der Waals surface area (Å²) in [7, 11) is 0. The van der Waals surface area contributed by atoms with Crippen LogP contribution in [0.5, 0.6) is 11.5 Å². The summed E-state index contributed by atoms with van der Waals surface area (Å²) in [6.07, 6.45) is -4.22. The van der Waals surface area contributed by atoms with Crippen molar-refractivity contribution in [3.63, 3.8) is 0 Å². The molecule has 0 fully saturated rings. The fourth-order valence-corrected chi connectivity index (χ4v) is 1.44. The van der Waals surface area contributed by atoms with E-state index in [1.165, 1.54) is 18.2 Å². The lowest BCUT2D eigenvalue weighted by atomic mass is 10.2. The average Bonchev–Trinajstić information content (AvgIpc) is 2.52. The Hall–Kier alpha value is -1.92. The number of nitrogens with one attached hydrogen (secondary N) is 1. The Kier molecular flexibility index (Phi) is 3.31. The van der Waals surface area contributed by atoms with E-state index in [9.17, 15) is 18.0 Å². The number of ether oxygens (including phenoxy) is 2. The van der Waals surface area contributed by atoms with Crippen LogP contribution in [0.4, 0.5) is 18.9 Å². The Morgan fingerprint density at radius 3 is 2.50 bits per heavy atom. The summed E-state index contributed by atoms with van der Waals surface area (Å²) in [4.78, 5) is 10.8. The van der Waals surface area contributed by atoms with Crippen LogP contribution in [0.1, 0.15) is 6.42 Å². The van der Waals surface area contributed by atoms with E-state index in [1.54, 1.807) is 5.32 Å². The quantitative estimate of drug-likeness (QED) is 0.844. The van der Waals surface area contributed by atoms with Crippen LogP contribution in [0.25, 0.3) is 0 Å². The van der Waals surface area contributed by atoms with Crippen LogP contribution in [0.15, 0.2) is 18.2 Å². The van der Waals surface area contributed by atoms with Crippen LogP contribution in [-0.2, 0) is 4.79 Å². The molecule has 0 bridgehead atoms. The third-order valence-electron chi connectivity index (χ3n) is 2.26. The highest BCUT2D eigenvalue weighted by molar-refractivity contribution is 5.95. The number of hydrogen-bond donors (Lipinski definition) is 1. The number of alkyl halides is 3. The summed E-state index contributed by atoms with van der Waals surface area (Å²) in [6, 6.07) is 4.11. The monoisotopic (exact) mass is 261 g/mol. The summed E-state index contributed by atoms with van der Waals surface area (Å²) in [5.74, 6) is -1.23. The van der Waals surface area contributed by atoms with Gasteiger partial charge in [0.15, 0.2) is 11.5 Å². The van der Waals surface area contributed by atoms with E-state index in [0.717, 1.165) is 0 Å². The summed E-state index contributed by atoms with van der Waals surface area (Å²) in [5.41, 5.74) is 0.0153. The van der Waals surface area contributed by atoms with E-state index in [4.69, 9.17) is 9.47 Å². The molecule has 1 aliphatic heterocycles. The lowest BCUT2D eigenvalue weighted by Gasteiger charge is -2.11. The van der Waals surface area contributed by atoms with Crippen LogP contribution in [-0.4, -0.2) is 25.3 Å². The van der Waals surface area contributed by atoms with Gasteiger partial charge in [-0.3, -0.25) is 4.79 Å².